The first kappa shape index (κ1) is 14.9. The number of ether oxygens (including phenoxy) is 1. The van der Waals surface area contributed by atoms with Gasteiger partial charge in [-0.05, 0) is 32.0 Å². The van der Waals surface area contributed by atoms with Crippen molar-refractivity contribution in [1.29, 1.82) is 0 Å². The maximum atomic E-state index is 6.12. The van der Waals surface area contributed by atoms with E-state index in [-0.39, 0.29) is 5.41 Å². The van der Waals surface area contributed by atoms with E-state index in [4.69, 9.17) is 27.9 Å². The van der Waals surface area contributed by atoms with Gasteiger partial charge >= 0.3 is 0 Å². The first-order chi connectivity index (χ1) is 9.15. The summed E-state index contributed by atoms with van der Waals surface area (Å²) >= 11 is 12.0. The van der Waals surface area contributed by atoms with E-state index in [0.29, 0.717) is 15.9 Å². The topological polar surface area (TPSA) is 46.2 Å². The maximum Gasteiger partial charge on any atom is 0.144 e. The Kier molecular flexibility index (Phi) is 5.28. The molecule has 106 valence electrons. The predicted molar refractivity (Wildman–Crippen MR) is 79.2 cm³/mol. The molecular weight excluding hydrogens is 285 g/mol. The van der Waals surface area contributed by atoms with E-state index in [2.05, 4.69) is 15.6 Å². The average molecular weight is 304 g/mol. The zero-order chi connectivity index (χ0) is 13.7. The van der Waals surface area contributed by atoms with Crippen LogP contribution in [0.15, 0.2) is 12.3 Å². The van der Waals surface area contributed by atoms with Gasteiger partial charge in [-0.15, -0.1) is 0 Å². The highest BCUT2D eigenvalue weighted by Crippen LogP contribution is 2.31. The van der Waals surface area contributed by atoms with Crippen LogP contribution in [-0.4, -0.2) is 38.3 Å². The Bertz CT molecular complexity index is 417. The second kappa shape index (κ2) is 6.75. The zero-order valence-corrected chi connectivity index (χ0v) is 12.5. The number of nitrogens with one attached hydrogen (secondary N) is 2. The first-order valence-corrected chi connectivity index (χ1v) is 7.15. The number of hydrogen-bond donors (Lipinski definition) is 2. The summed E-state index contributed by atoms with van der Waals surface area (Å²) in [6.45, 7) is 3.59. The Morgan fingerprint density at radius 3 is 2.79 bits per heavy atom. The molecule has 4 nitrogen and oxygen atoms in total. The number of halogens is 2. The molecule has 0 radical (unpaired) electrons. The lowest BCUT2D eigenvalue weighted by molar-refractivity contribution is 0.0635. The number of hydrogen-bond acceptors (Lipinski definition) is 4. The molecule has 0 amide bonds. The number of anilines is 1. The molecule has 0 aliphatic carbocycles. The second-order valence-electron chi connectivity index (χ2n) is 5.02. The molecule has 1 aliphatic heterocycles. The summed E-state index contributed by atoms with van der Waals surface area (Å²) in [5.74, 6) is 0.681. The number of nitrogens with zero attached hydrogens (tertiary/aromatic N) is 1. The van der Waals surface area contributed by atoms with Gasteiger partial charge in [0.1, 0.15) is 5.82 Å². The highest BCUT2D eigenvalue weighted by Gasteiger charge is 2.32. The quantitative estimate of drug-likeness (QED) is 0.878. The lowest BCUT2D eigenvalue weighted by Crippen LogP contribution is -2.44. The molecular formula is C13H19Cl2N3O. The second-order valence-corrected chi connectivity index (χ2v) is 5.86. The molecule has 0 atom stereocenters. The fourth-order valence-corrected chi connectivity index (χ4v) is 2.90. The molecule has 2 N–H and O–H groups in total. The van der Waals surface area contributed by atoms with E-state index >= 15 is 0 Å². The molecule has 2 heterocycles. The molecule has 0 saturated carbocycles. The minimum Gasteiger partial charge on any atom is -0.384 e. The van der Waals surface area contributed by atoms with Crippen LogP contribution in [0.1, 0.15) is 12.8 Å². The minimum atomic E-state index is 0.143. The van der Waals surface area contributed by atoms with Crippen molar-refractivity contribution in [2.45, 2.75) is 12.8 Å². The standard InChI is InChI=1S/C13H19Cl2N3O/c1-19-9-13(2-4-16-5-3-13)8-18-12-11(15)6-10(14)7-17-12/h6-7,16H,2-5,8-9H2,1H3,(H,17,18). The molecule has 0 spiro atoms. The maximum absolute atomic E-state index is 6.12. The fourth-order valence-electron chi connectivity index (χ4n) is 2.45. The Morgan fingerprint density at radius 1 is 1.42 bits per heavy atom. The molecule has 0 aromatic carbocycles. The van der Waals surface area contributed by atoms with Crippen LogP contribution in [0.2, 0.25) is 10.0 Å². The van der Waals surface area contributed by atoms with E-state index in [9.17, 15) is 0 Å². The highest BCUT2D eigenvalue weighted by molar-refractivity contribution is 6.35. The van der Waals surface area contributed by atoms with Crippen LogP contribution in [0, 0.1) is 5.41 Å². The summed E-state index contributed by atoms with van der Waals surface area (Å²) in [4.78, 5) is 4.22. The molecule has 2 rings (SSSR count). The van der Waals surface area contributed by atoms with E-state index in [0.717, 1.165) is 39.1 Å². The molecule has 1 saturated heterocycles. The molecule has 1 aliphatic rings. The summed E-state index contributed by atoms with van der Waals surface area (Å²) in [5, 5.41) is 7.79. The van der Waals surface area contributed by atoms with Crippen LogP contribution < -0.4 is 10.6 Å². The fraction of sp³-hybridized carbons (Fsp3) is 0.615. The van der Waals surface area contributed by atoms with Gasteiger partial charge in [-0.2, -0.15) is 0 Å². The van der Waals surface area contributed by atoms with Gasteiger partial charge in [0.15, 0.2) is 0 Å². The van der Waals surface area contributed by atoms with Gasteiger partial charge in [0.05, 0.1) is 16.7 Å². The Hall–Kier alpha value is -0.550. The third kappa shape index (κ3) is 3.96. The normalized spacial score (nSPS) is 18.3. The van der Waals surface area contributed by atoms with Crippen LogP contribution in [0.25, 0.3) is 0 Å². The lowest BCUT2D eigenvalue weighted by Gasteiger charge is -2.37. The first-order valence-electron chi connectivity index (χ1n) is 6.40. The molecule has 0 bridgehead atoms. The Balaban J connectivity index is 2.01. The number of aromatic nitrogens is 1. The third-order valence-corrected chi connectivity index (χ3v) is 4.05. The predicted octanol–water partition coefficient (Wildman–Crippen LogP) is 2.82. The van der Waals surface area contributed by atoms with Crippen molar-refractivity contribution in [2.24, 2.45) is 5.41 Å². The highest BCUT2D eigenvalue weighted by atomic mass is 35.5. The third-order valence-electron chi connectivity index (χ3n) is 3.55. The van der Waals surface area contributed by atoms with Crippen LogP contribution >= 0.6 is 23.2 Å². The van der Waals surface area contributed by atoms with Gasteiger partial charge in [-0.25, -0.2) is 4.98 Å². The number of methoxy groups -OCH3 is 1. The molecule has 6 heteroatoms. The van der Waals surface area contributed by atoms with Crippen molar-refractivity contribution >= 4 is 29.0 Å². The van der Waals surface area contributed by atoms with Gasteiger partial charge in [0.25, 0.3) is 0 Å². The Morgan fingerprint density at radius 2 is 2.16 bits per heavy atom. The monoisotopic (exact) mass is 303 g/mol. The molecule has 1 aromatic heterocycles. The summed E-state index contributed by atoms with van der Waals surface area (Å²) in [5.41, 5.74) is 0.143. The number of piperidine rings is 1. The van der Waals surface area contributed by atoms with Crippen molar-refractivity contribution in [3.8, 4) is 0 Å². The SMILES string of the molecule is COCC1(CNc2ncc(Cl)cc2Cl)CCNCC1. The summed E-state index contributed by atoms with van der Waals surface area (Å²) in [7, 11) is 1.75. The van der Waals surface area contributed by atoms with Gasteiger partial charge in [-0.3, -0.25) is 0 Å². The average Bonchev–Trinajstić information content (AvgIpc) is 2.39. The van der Waals surface area contributed by atoms with Gasteiger partial charge in [0.2, 0.25) is 0 Å². The van der Waals surface area contributed by atoms with Crippen LogP contribution in [-0.2, 0) is 4.74 Å². The van der Waals surface area contributed by atoms with E-state index in [1.807, 2.05) is 0 Å². The summed E-state index contributed by atoms with van der Waals surface area (Å²) in [6.07, 6.45) is 3.76. The van der Waals surface area contributed by atoms with Gasteiger partial charge in [-0.1, -0.05) is 23.2 Å². The number of pyridine rings is 1. The minimum absolute atomic E-state index is 0.143. The van der Waals surface area contributed by atoms with Crippen LogP contribution in [0.5, 0.6) is 0 Å². The van der Waals surface area contributed by atoms with E-state index < -0.39 is 0 Å². The molecule has 0 unspecified atom stereocenters. The van der Waals surface area contributed by atoms with Crippen LogP contribution in [0.4, 0.5) is 5.82 Å². The summed E-state index contributed by atoms with van der Waals surface area (Å²) in [6, 6.07) is 1.70. The van der Waals surface area contributed by atoms with E-state index in [1.54, 1.807) is 19.4 Å². The zero-order valence-electron chi connectivity index (χ0n) is 11.0. The van der Waals surface area contributed by atoms with Gasteiger partial charge in [0, 0.05) is 25.3 Å². The van der Waals surface area contributed by atoms with Gasteiger partial charge < -0.3 is 15.4 Å². The smallest absolute Gasteiger partial charge is 0.144 e. The van der Waals surface area contributed by atoms with Crippen molar-refractivity contribution in [2.75, 3.05) is 38.7 Å². The summed E-state index contributed by atoms with van der Waals surface area (Å²) < 4.78 is 5.38. The van der Waals surface area contributed by atoms with Crippen LogP contribution in [0.3, 0.4) is 0 Å². The number of rotatable bonds is 5. The molecule has 19 heavy (non-hydrogen) atoms. The van der Waals surface area contributed by atoms with Crippen molar-refractivity contribution < 1.29 is 4.74 Å². The van der Waals surface area contributed by atoms with Crippen molar-refractivity contribution in [3.05, 3.63) is 22.3 Å². The van der Waals surface area contributed by atoms with Crippen molar-refractivity contribution in [3.63, 3.8) is 0 Å². The largest absolute Gasteiger partial charge is 0.384 e. The molecule has 1 aromatic rings. The van der Waals surface area contributed by atoms with Crippen molar-refractivity contribution in [1.82, 2.24) is 10.3 Å². The Labute approximate surface area is 123 Å². The van der Waals surface area contributed by atoms with E-state index in [1.165, 1.54) is 0 Å². The molecule has 1 fully saturated rings. The lowest BCUT2D eigenvalue weighted by atomic mass is 9.79.